The monoisotopic (exact) mass is 258 g/mol. The Morgan fingerprint density at radius 3 is 3.11 bits per heavy atom. The Morgan fingerprint density at radius 1 is 1.47 bits per heavy atom. The Labute approximate surface area is 110 Å². The summed E-state index contributed by atoms with van der Waals surface area (Å²) in [6.07, 6.45) is 3.47. The molecule has 0 aliphatic carbocycles. The van der Waals surface area contributed by atoms with Crippen LogP contribution in [-0.2, 0) is 13.5 Å². The van der Waals surface area contributed by atoms with E-state index in [2.05, 4.69) is 4.98 Å². The van der Waals surface area contributed by atoms with Crippen molar-refractivity contribution in [2.24, 2.45) is 7.05 Å². The molecule has 0 radical (unpaired) electrons. The van der Waals surface area contributed by atoms with Crippen molar-refractivity contribution < 1.29 is 14.6 Å². The minimum atomic E-state index is -0.969. The average molecular weight is 258 g/mol. The predicted molar refractivity (Wildman–Crippen MR) is 69.4 cm³/mol. The molecule has 5 nitrogen and oxygen atoms in total. The van der Waals surface area contributed by atoms with Crippen molar-refractivity contribution in [2.75, 3.05) is 6.61 Å². The third-order valence-electron chi connectivity index (χ3n) is 3.32. The van der Waals surface area contributed by atoms with Crippen LogP contribution >= 0.6 is 0 Å². The van der Waals surface area contributed by atoms with Crippen molar-refractivity contribution >= 4 is 5.97 Å². The molecule has 0 bridgehead atoms. The van der Waals surface area contributed by atoms with Crippen LogP contribution in [0, 0.1) is 0 Å². The molecule has 5 heteroatoms. The normalized spacial score (nSPS) is 13.7. The molecule has 1 N–H and O–H groups in total. The van der Waals surface area contributed by atoms with Crippen molar-refractivity contribution in [1.82, 2.24) is 9.55 Å². The number of fused-ring (bicyclic) bond motifs is 1. The second-order valence-electron chi connectivity index (χ2n) is 4.63. The quantitative estimate of drug-likeness (QED) is 0.896. The van der Waals surface area contributed by atoms with E-state index in [-0.39, 0.29) is 5.69 Å². The van der Waals surface area contributed by atoms with E-state index in [9.17, 15) is 9.90 Å². The van der Waals surface area contributed by atoms with Gasteiger partial charge in [-0.25, -0.2) is 9.78 Å². The number of aromatic carboxylic acids is 1. The number of imidazole rings is 1. The maximum atomic E-state index is 11.3. The summed E-state index contributed by atoms with van der Waals surface area (Å²) in [6, 6.07) is 5.73. The Hall–Kier alpha value is -2.30. The van der Waals surface area contributed by atoms with E-state index in [1.54, 1.807) is 7.05 Å². The van der Waals surface area contributed by atoms with Crippen molar-refractivity contribution in [2.45, 2.75) is 12.8 Å². The lowest BCUT2D eigenvalue weighted by Gasteiger charge is -2.17. The number of carbonyl (C=O) groups is 1. The SMILES string of the molecule is Cn1cnc(-c2ccc3c(c2)CCCO3)c1C(=O)O. The van der Waals surface area contributed by atoms with Crippen molar-refractivity contribution in [1.29, 1.82) is 0 Å². The zero-order chi connectivity index (χ0) is 13.4. The average Bonchev–Trinajstić information content (AvgIpc) is 2.80. The highest BCUT2D eigenvalue weighted by molar-refractivity contribution is 5.93. The van der Waals surface area contributed by atoms with E-state index < -0.39 is 5.97 Å². The van der Waals surface area contributed by atoms with E-state index in [1.165, 1.54) is 10.9 Å². The first-order valence-electron chi connectivity index (χ1n) is 6.17. The topological polar surface area (TPSA) is 64.4 Å². The standard InChI is InChI=1S/C14H14N2O3/c1-16-8-15-12(13(16)14(17)18)10-4-5-11-9(7-10)3-2-6-19-11/h4-5,7-8H,2-3,6H2,1H3,(H,17,18). The van der Waals surface area contributed by atoms with E-state index in [1.807, 2.05) is 18.2 Å². The highest BCUT2D eigenvalue weighted by atomic mass is 16.5. The van der Waals surface area contributed by atoms with Gasteiger partial charge in [-0.2, -0.15) is 0 Å². The van der Waals surface area contributed by atoms with Gasteiger partial charge < -0.3 is 14.4 Å². The van der Waals surface area contributed by atoms with E-state index in [0.717, 1.165) is 36.3 Å². The summed E-state index contributed by atoms with van der Waals surface area (Å²) in [5.41, 5.74) is 2.65. The van der Waals surface area contributed by atoms with Gasteiger partial charge in [0, 0.05) is 12.6 Å². The van der Waals surface area contributed by atoms with E-state index in [0.29, 0.717) is 5.69 Å². The molecule has 0 spiro atoms. The van der Waals surface area contributed by atoms with Crippen LogP contribution in [0.3, 0.4) is 0 Å². The lowest BCUT2D eigenvalue weighted by Crippen LogP contribution is -2.09. The number of hydrogen-bond acceptors (Lipinski definition) is 3. The zero-order valence-corrected chi connectivity index (χ0v) is 10.6. The zero-order valence-electron chi connectivity index (χ0n) is 10.6. The number of carboxylic acids is 1. The Kier molecular flexibility index (Phi) is 2.74. The molecule has 1 aliphatic heterocycles. The van der Waals surface area contributed by atoms with E-state index in [4.69, 9.17) is 4.74 Å². The lowest BCUT2D eigenvalue weighted by atomic mass is 10.0. The predicted octanol–water partition coefficient (Wildman–Crippen LogP) is 2.11. The first-order valence-corrected chi connectivity index (χ1v) is 6.17. The third kappa shape index (κ3) is 1.97. The van der Waals surface area contributed by atoms with Gasteiger partial charge in [-0.05, 0) is 36.6 Å². The van der Waals surface area contributed by atoms with E-state index >= 15 is 0 Å². The van der Waals surface area contributed by atoms with Gasteiger partial charge >= 0.3 is 5.97 Å². The second kappa shape index (κ2) is 4.42. The molecule has 1 aromatic carbocycles. The summed E-state index contributed by atoms with van der Waals surface area (Å²) in [4.78, 5) is 15.5. The maximum absolute atomic E-state index is 11.3. The summed E-state index contributed by atoms with van der Waals surface area (Å²) < 4.78 is 7.08. The molecule has 2 heterocycles. The molecule has 0 saturated heterocycles. The summed E-state index contributed by atoms with van der Waals surface area (Å²) >= 11 is 0. The molecule has 0 unspecified atom stereocenters. The van der Waals surface area contributed by atoms with Crippen LogP contribution in [0.15, 0.2) is 24.5 Å². The molecule has 1 aromatic heterocycles. The molecule has 0 saturated carbocycles. The number of carboxylic acid groups (broad SMARTS) is 1. The minimum Gasteiger partial charge on any atom is -0.493 e. The van der Waals surface area contributed by atoms with Crippen LogP contribution in [0.5, 0.6) is 5.75 Å². The van der Waals surface area contributed by atoms with Gasteiger partial charge in [0.15, 0.2) is 5.69 Å². The second-order valence-corrected chi connectivity index (χ2v) is 4.63. The molecule has 19 heavy (non-hydrogen) atoms. The smallest absolute Gasteiger partial charge is 0.354 e. The molecule has 98 valence electrons. The van der Waals surface area contributed by atoms with Crippen LogP contribution in [-0.4, -0.2) is 27.2 Å². The highest BCUT2D eigenvalue weighted by Gasteiger charge is 2.19. The summed E-state index contributed by atoms with van der Waals surface area (Å²) in [5.74, 6) is -0.0771. The Balaban J connectivity index is 2.10. The molecule has 2 aromatic rings. The van der Waals surface area contributed by atoms with Gasteiger partial charge in [0.05, 0.1) is 12.9 Å². The summed E-state index contributed by atoms with van der Waals surface area (Å²) in [5, 5.41) is 9.25. The molecule has 0 amide bonds. The number of benzene rings is 1. The minimum absolute atomic E-state index is 0.205. The number of hydrogen-bond donors (Lipinski definition) is 1. The number of ether oxygens (including phenoxy) is 1. The molecular weight excluding hydrogens is 244 g/mol. The van der Waals surface area contributed by atoms with Crippen molar-refractivity contribution in [3.63, 3.8) is 0 Å². The van der Waals surface area contributed by atoms with Crippen LogP contribution in [0.1, 0.15) is 22.5 Å². The van der Waals surface area contributed by atoms with Gasteiger partial charge in [-0.1, -0.05) is 0 Å². The molecular formula is C14H14N2O3. The molecule has 1 aliphatic rings. The fraction of sp³-hybridized carbons (Fsp3) is 0.286. The first kappa shape index (κ1) is 11.8. The fourth-order valence-corrected chi connectivity index (χ4v) is 2.40. The van der Waals surface area contributed by atoms with Gasteiger partial charge in [-0.15, -0.1) is 0 Å². The fourth-order valence-electron chi connectivity index (χ4n) is 2.40. The molecule has 0 fully saturated rings. The first-order chi connectivity index (χ1) is 9.16. The largest absolute Gasteiger partial charge is 0.493 e. The number of nitrogens with zero attached hydrogens (tertiary/aromatic N) is 2. The number of aromatic nitrogens is 2. The Morgan fingerprint density at radius 2 is 2.32 bits per heavy atom. The summed E-state index contributed by atoms with van der Waals surface area (Å²) in [7, 11) is 1.68. The van der Waals surface area contributed by atoms with Crippen LogP contribution < -0.4 is 4.74 Å². The highest BCUT2D eigenvalue weighted by Crippen LogP contribution is 2.30. The van der Waals surface area contributed by atoms with Gasteiger partial charge in [0.1, 0.15) is 11.4 Å². The number of rotatable bonds is 2. The summed E-state index contributed by atoms with van der Waals surface area (Å²) in [6.45, 7) is 0.746. The lowest BCUT2D eigenvalue weighted by molar-refractivity contribution is 0.0687. The van der Waals surface area contributed by atoms with Crippen LogP contribution in [0.25, 0.3) is 11.3 Å². The van der Waals surface area contributed by atoms with Gasteiger partial charge in [-0.3, -0.25) is 0 Å². The van der Waals surface area contributed by atoms with Crippen molar-refractivity contribution in [3.8, 4) is 17.0 Å². The van der Waals surface area contributed by atoms with Crippen molar-refractivity contribution in [3.05, 3.63) is 35.8 Å². The third-order valence-corrected chi connectivity index (χ3v) is 3.32. The number of aryl methyl sites for hydroxylation is 2. The van der Waals surface area contributed by atoms with Crippen LogP contribution in [0.2, 0.25) is 0 Å². The van der Waals surface area contributed by atoms with Gasteiger partial charge in [0.25, 0.3) is 0 Å². The molecule has 3 rings (SSSR count). The maximum Gasteiger partial charge on any atom is 0.354 e. The Bertz CT molecular complexity index is 646. The van der Waals surface area contributed by atoms with Gasteiger partial charge in [0.2, 0.25) is 0 Å². The molecule has 0 atom stereocenters. The van der Waals surface area contributed by atoms with Crippen LogP contribution in [0.4, 0.5) is 0 Å².